The molecule has 0 saturated heterocycles. The van der Waals surface area contributed by atoms with E-state index in [-0.39, 0.29) is 40.5 Å². The fourth-order valence-electron chi connectivity index (χ4n) is 2.54. The second-order valence-corrected chi connectivity index (χ2v) is 8.84. The van der Waals surface area contributed by atoms with Gasteiger partial charge in [-0.1, -0.05) is 18.6 Å². The van der Waals surface area contributed by atoms with E-state index < -0.39 is 0 Å². The Morgan fingerprint density at radius 1 is 1.30 bits per heavy atom. The molecule has 1 saturated carbocycles. The largest absolute Gasteiger partial charge is 0.357 e. The van der Waals surface area contributed by atoms with E-state index in [4.69, 9.17) is 0 Å². The zero-order valence-corrected chi connectivity index (χ0v) is 19.9. The average molecular weight is 504 g/mol. The Hall–Kier alpha value is -0.960. The van der Waals surface area contributed by atoms with Gasteiger partial charge in [-0.25, -0.2) is 4.99 Å². The van der Waals surface area contributed by atoms with Crippen LogP contribution in [0.5, 0.6) is 0 Å². The molecule has 3 N–H and O–H groups in total. The van der Waals surface area contributed by atoms with E-state index in [0.717, 1.165) is 43.1 Å². The Bertz CT molecular complexity index is 632. The summed E-state index contributed by atoms with van der Waals surface area (Å²) in [5, 5.41) is 9.72. The summed E-state index contributed by atoms with van der Waals surface area (Å²) in [5.74, 6) is 1.16. The lowest BCUT2D eigenvalue weighted by Crippen LogP contribution is -2.43. The molecule has 0 aromatic heterocycles. The van der Waals surface area contributed by atoms with Crippen molar-refractivity contribution in [2.75, 3.05) is 24.7 Å². The zero-order valence-electron chi connectivity index (χ0n) is 16.8. The number of anilines is 1. The summed E-state index contributed by atoms with van der Waals surface area (Å²) in [6.07, 6.45) is 5.31. The monoisotopic (exact) mass is 504 g/mol. The molecule has 0 heterocycles. The first-order valence-electron chi connectivity index (χ1n) is 9.40. The molecule has 0 radical (unpaired) electrons. The number of amides is 1. The minimum absolute atomic E-state index is 0. The molecule has 1 aromatic carbocycles. The van der Waals surface area contributed by atoms with Gasteiger partial charge in [0.2, 0.25) is 5.91 Å². The number of thioether (sulfide) groups is 1. The van der Waals surface area contributed by atoms with Gasteiger partial charge in [-0.15, -0.1) is 24.0 Å². The van der Waals surface area contributed by atoms with E-state index in [1.807, 2.05) is 36.0 Å². The van der Waals surface area contributed by atoms with Crippen molar-refractivity contribution in [3.8, 4) is 0 Å². The summed E-state index contributed by atoms with van der Waals surface area (Å²) in [4.78, 5) is 16.8. The first-order chi connectivity index (χ1) is 12.4. The van der Waals surface area contributed by atoms with Crippen molar-refractivity contribution in [1.29, 1.82) is 0 Å². The molecule has 0 atom stereocenters. The Morgan fingerprint density at radius 3 is 2.63 bits per heavy atom. The van der Waals surface area contributed by atoms with Gasteiger partial charge >= 0.3 is 0 Å². The highest BCUT2D eigenvalue weighted by Gasteiger charge is 2.25. The molecule has 1 fully saturated rings. The van der Waals surface area contributed by atoms with Gasteiger partial charge in [0.1, 0.15) is 0 Å². The Morgan fingerprint density at radius 2 is 2.04 bits per heavy atom. The third-order valence-electron chi connectivity index (χ3n) is 4.67. The number of hydrogen-bond donors (Lipinski definition) is 3. The molecule has 0 unspecified atom stereocenters. The molecule has 1 amide bonds. The fourth-order valence-corrected chi connectivity index (χ4v) is 2.76. The third-order valence-corrected chi connectivity index (χ3v) is 5.92. The van der Waals surface area contributed by atoms with Gasteiger partial charge in [-0.2, -0.15) is 11.8 Å². The van der Waals surface area contributed by atoms with Crippen molar-refractivity contribution in [3.63, 3.8) is 0 Å². The highest BCUT2D eigenvalue weighted by atomic mass is 127. The first-order valence-corrected chi connectivity index (χ1v) is 10.6. The summed E-state index contributed by atoms with van der Waals surface area (Å²) < 4.78 is 0.155. The lowest BCUT2D eigenvalue weighted by Gasteiger charge is -2.24. The molecule has 152 valence electrons. The van der Waals surface area contributed by atoms with Crippen LogP contribution in [0, 0.1) is 5.92 Å². The molecule has 1 aliphatic rings. The lowest BCUT2D eigenvalue weighted by molar-refractivity contribution is -0.122. The average Bonchev–Trinajstić information content (AvgIpc) is 2.56. The van der Waals surface area contributed by atoms with Crippen molar-refractivity contribution in [1.82, 2.24) is 10.6 Å². The Kier molecular flexibility index (Phi) is 10.5. The molecule has 1 aliphatic carbocycles. The van der Waals surface area contributed by atoms with Gasteiger partial charge in [0.15, 0.2) is 5.96 Å². The lowest BCUT2D eigenvalue weighted by atomic mass is 9.85. The van der Waals surface area contributed by atoms with Crippen LogP contribution in [-0.2, 0) is 11.3 Å². The number of guanidine groups is 1. The number of rotatable bonds is 8. The number of nitrogens with one attached hydrogen (secondary N) is 3. The Balaban J connectivity index is 0.00000364. The van der Waals surface area contributed by atoms with Crippen LogP contribution in [0.1, 0.15) is 45.6 Å². The van der Waals surface area contributed by atoms with Crippen molar-refractivity contribution in [3.05, 3.63) is 29.8 Å². The number of carbonyl (C=O) groups excluding carboxylic acids is 1. The van der Waals surface area contributed by atoms with Gasteiger partial charge in [-0.3, -0.25) is 4.79 Å². The van der Waals surface area contributed by atoms with Crippen LogP contribution in [0.2, 0.25) is 0 Å². The van der Waals surface area contributed by atoms with Gasteiger partial charge in [0.05, 0.1) is 6.54 Å². The SMILES string of the molecule is CCNC(=NCc1cccc(NC(=O)C2CCC2)c1)NCC(C)(C)SC.I. The van der Waals surface area contributed by atoms with Crippen molar-refractivity contribution in [2.24, 2.45) is 10.9 Å². The van der Waals surface area contributed by atoms with Crippen LogP contribution in [0.3, 0.4) is 0 Å². The van der Waals surface area contributed by atoms with Gasteiger partial charge in [-0.05, 0) is 57.6 Å². The molecule has 0 bridgehead atoms. The minimum atomic E-state index is 0. The highest BCUT2D eigenvalue weighted by molar-refractivity contribution is 14.0. The van der Waals surface area contributed by atoms with Crippen LogP contribution >= 0.6 is 35.7 Å². The summed E-state index contributed by atoms with van der Waals surface area (Å²) in [5.41, 5.74) is 1.94. The van der Waals surface area contributed by atoms with E-state index >= 15 is 0 Å². The second kappa shape index (κ2) is 11.8. The number of halogens is 1. The molecular formula is C20H33IN4OS. The maximum absolute atomic E-state index is 12.1. The summed E-state index contributed by atoms with van der Waals surface area (Å²) in [6.45, 7) is 8.72. The Labute approximate surface area is 185 Å². The molecule has 7 heteroatoms. The minimum Gasteiger partial charge on any atom is -0.357 e. The van der Waals surface area contributed by atoms with Gasteiger partial charge in [0.25, 0.3) is 0 Å². The fraction of sp³-hybridized carbons (Fsp3) is 0.600. The molecule has 5 nitrogen and oxygen atoms in total. The summed E-state index contributed by atoms with van der Waals surface area (Å²) in [6, 6.07) is 7.96. The van der Waals surface area contributed by atoms with Crippen LogP contribution in [0.15, 0.2) is 29.3 Å². The smallest absolute Gasteiger partial charge is 0.227 e. The quantitative estimate of drug-likeness (QED) is 0.282. The van der Waals surface area contributed by atoms with E-state index in [1.165, 1.54) is 6.42 Å². The maximum Gasteiger partial charge on any atom is 0.227 e. The third kappa shape index (κ3) is 8.29. The predicted molar refractivity (Wildman–Crippen MR) is 128 cm³/mol. The van der Waals surface area contributed by atoms with Crippen molar-refractivity contribution >= 4 is 53.3 Å². The van der Waals surface area contributed by atoms with Crippen LogP contribution in [-0.4, -0.2) is 36.0 Å². The molecular weight excluding hydrogens is 471 g/mol. The summed E-state index contributed by atoms with van der Waals surface area (Å²) in [7, 11) is 0. The van der Waals surface area contributed by atoms with E-state index in [2.05, 4.69) is 48.0 Å². The molecule has 0 aliphatic heterocycles. The first kappa shape index (κ1) is 24.1. The zero-order chi connectivity index (χ0) is 19.0. The number of carbonyl (C=O) groups is 1. The molecule has 2 rings (SSSR count). The van der Waals surface area contributed by atoms with E-state index in [0.29, 0.717) is 6.54 Å². The van der Waals surface area contributed by atoms with E-state index in [1.54, 1.807) is 0 Å². The maximum atomic E-state index is 12.1. The summed E-state index contributed by atoms with van der Waals surface area (Å²) >= 11 is 1.83. The van der Waals surface area contributed by atoms with Crippen LogP contribution < -0.4 is 16.0 Å². The van der Waals surface area contributed by atoms with Crippen molar-refractivity contribution < 1.29 is 4.79 Å². The predicted octanol–water partition coefficient (Wildman–Crippen LogP) is 4.24. The normalized spacial score (nSPS) is 14.7. The molecule has 27 heavy (non-hydrogen) atoms. The topological polar surface area (TPSA) is 65.5 Å². The van der Waals surface area contributed by atoms with Gasteiger partial charge in [0, 0.05) is 29.4 Å². The number of nitrogens with zero attached hydrogens (tertiary/aromatic N) is 1. The van der Waals surface area contributed by atoms with Gasteiger partial charge < -0.3 is 16.0 Å². The number of aliphatic imine (C=N–C) groups is 1. The molecule has 1 aromatic rings. The van der Waals surface area contributed by atoms with Crippen LogP contribution in [0.4, 0.5) is 5.69 Å². The van der Waals surface area contributed by atoms with Crippen molar-refractivity contribution in [2.45, 2.75) is 51.3 Å². The number of benzene rings is 1. The highest BCUT2D eigenvalue weighted by Crippen LogP contribution is 2.27. The second-order valence-electron chi connectivity index (χ2n) is 7.33. The van der Waals surface area contributed by atoms with Crippen LogP contribution in [0.25, 0.3) is 0 Å². The molecule has 0 spiro atoms. The standard InChI is InChI=1S/C20H32N4OS.HI/c1-5-21-19(23-14-20(2,3)26-4)22-13-15-8-6-11-17(12-15)24-18(25)16-9-7-10-16;/h6,8,11-12,16H,5,7,9-10,13-14H2,1-4H3,(H,24,25)(H2,21,22,23);1H. The van der Waals surface area contributed by atoms with E-state index in [9.17, 15) is 4.79 Å². The number of hydrogen-bond acceptors (Lipinski definition) is 3.